The van der Waals surface area contributed by atoms with E-state index in [2.05, 4.69) is 39.8 Å². The minimum absolute atomic E-state index is 0. The Bertz CT molecular complexity index is 713. The summed E-state index contributed by atoms with van der Waals surface area (Å²) >= 11 is 1.72. The van der Waals surface area contributed by atoms with E-state index < -0.39 is 5.72 Å². The van der Waals surface area contributed by atoms with Gasteiger partial charge in [0.15, 0.2) is 0 Å². The largest absolute Gasteiger partial charge is 1.00 e. The Balaban J connectivity index is 0.00000261. The molecule has 1 aromatic heterocycles. The summed E-state index contributed by atoms with van der Waals surface area (Å²) in [5, 5.41) is 11.6. The highest BCUT2D eigenvalue weighted by molar-refractivity contribution is 7.98. The van der Waals surface area contributed by atoms with Crippen LogP contribution in [0.25, 0.3) is 0 Å². The second-order valence-electron chi connectivity index (χ2n) is 7.01. The molecule has 6 heteroatoms. The number of anilines is 1. The average Bonchev–Trinajstić information content (AvgIpc) is 2.97. The summed E-state index contributed by atoms with van der Waals surface area (Å²) in [7, 11) is 0. The molecule has 0 aliphatic carbocycles. The topological polar surface area (TPSA) is 40.2 Å². The number of benzene rings is 1. The van der Waals surface area contributed by atoms with Crippen LogP contribution < -0.4 is 26.4 Å². The summed E-state index contributed by atoms with van der Waals surface area (Å²) in [6.45, 7) is 3.58. The van der Waals surface area contributed by atoms with Gasteiger partial charge in [0.05, 0.1) is 12.7 Å². The quantitative estimate of drug-likeness (QED) is 0.352. The number of aliphatic hydroxyl groups is 1. The molecule has 1 atom stereocenters. The third-order valence-electron chi connectivity index (χ3n) is 5.17. The zero-order chi connectivity index (χ0) is 18.4. The van der Waals surface area contributed by atoms with E-state index in [1.807, 2.05) is 30.6 Å². The lowest BCUT2D eigenvalue weighted by Gasteiger charge is -2.28. The molecule has 2 heterocycles. The van der Waals surface area contributed by atoms with E-state index in [1.165, 1.54) is 37.0 Å². The first-order chi connectivity index (χ1) is 12.7. The number of rotatable bonds is 9. The number of nitrogens with zero attached hydrogens (tertiary/aromatic N) is 3. The third kappa shape index (κ3) is 5.04. The number of fused-ring (bicyclic) bond motifs is 1. The summed E-state index contributed by atoms with van der Waals surface area (Å²) in [5.41, 5.74) is -0.0892. The Hall–Kier alpha value is -1.11. The molecule has 0 bridgehead atoms. The van der Waals surface area contributed by atoms with Crippen molar-refractivity contribution >= 4 is 17.7 Å². The molecule has 0 amide bonds. The van der Waals surface area contributed by atoms with Crippen LogP contribution in [-0.2, 0) is 12.3 Å². The van der Waals surface area contributed by atoms with Gasteiger partial charge in [0, 0.05) is 16.5 Å². The molecule has 1 aromatic carbocycles. The molecule has 2 aromatic rings. The van der Waals surface area contributed by atoms with Crippen molar-refractivity contribution in [1.82, 2.24) is 4.98 Å². The summed E-state index contributed by atoms with van der Waals surface area (Å²) in [6, 6.07) is 10.2. The van der Waals surface area contributed by atoms with Gasteiger partial charge in [-0.05, 0) is 24.8 Å². The zero-order valence-electron chi connectivity index (χ0n) is 16.3. The highest BCUT2D eigenvalue weighted by Gasteiger charge is 2.51. The normalized spacial score (nSPS) is 18.3. The SMILES string of the molecule is CCCCCCCCN1c2nccc[n+]2C[C@@]1(O)c1ccc(SC)cc1.[Br-]. The molecule has 0 saturated carbocycles. The fourth-order valence-corrected chi connectivity index (χ4v) is 4.08. The number of hydrogen-bond donors (Lipinski definition) is 1. The predicted molar refractivity (Wildman–Crippen MR) is 107 cm³/mol. The number of aromatic nitrogens is 2. The Morgan fingerprint density at radius 3 is 2.56 bits per heavy atom. The smallest absolute Gasteiger partial charge is 0.396 e. The molecule has 0 fully saturated rings. The molecule has 1 aliphatic heterocycles. The Kier molecular flexibility index (Phi) is 8.58. The van der Waals surface area contributed by atoms with Gasteiger partial charge < -0.3 is 22.1 Å². The van der Waals surface area contributed by atoms with Gasteiger partial charge in [-0.3, -0.25) is 0 Å². The van der Waals surface area contributed by atoms with E-state index in [4.69, 9.17) is 0 Å². The number of halogens is 1. The molecule has 4 nitrogen and oxygen atoms in total. The van der Waals surface area contributed by atoms with E-state index in [0.29, 0.717) is 6.54 Å². The highest BCUT2D eigenvalue weighted by Crippen LogP contribution is 2.34. The van der Waals surface area contributed by atoms with Gasteiger partial charge in [0.25, 0.3) is 0 Å². The van der Waals surface area contributed by atoms with Crippen molar-refractivity contribution in [1.29, 1.82) is 0 Å². The fraction of sp³-hybridized carbons (Fsp3) is 0.524. The van der Waals surface area contributed by atoms with Crippen LogP contribution in [0.4, 0.5) is 5.95 Å². The van der Waals surface area contributed by atoms with Crippen LogP contribution in [0.1, 0.15) is 51.0 Å². The molecule has 3 rings (SSSR count). The summed E-state index contributed by atoms with van der Waals surface area (Å²) in [4.78, 5) is 7.84. The number of hydrogen-bond acceptors (Lipinski definition) is 4. The molecule has 148 valence electrons. The zero-order valence-corrected chi connectivity index (χ0v) is 18.7. The Morgan fingerprint density at radius 2 is 1.85 bits per heavy atom. The lowest BCUT2D eigenvalue weighted by Crippen LogP contribution is -3.00. The first-order valence-electron chi connectivity index (χ1n) is 9.68. The van der Waals surface area contributed by atoms with Gasteiger partial charge in [-0.15, -0.1) is 11.8 Å². The lowest BCUT2D eigenvalue weighted by atomic mass is 10.0. The molecular weight excluding hydrogens is 422 g/mol. The van der Waals surface area contributed by atoms with E-state index in [-0.39, 0.29) is 17.0 Å². The number of thioether (sulfide) groups is 1. The van der Waals surface area contributed by atoms with Gasteiger partial charge >= 0.3 is 5.95 Å². The predicted octanol–water partition coefficient (Wildman–Crippen LogP) is 1.12. The van der Waals surface area contributed by atoms with Gasteiger partial charge in [-0.25, -0.2) is 9.47 Å². The maximum atomic E-state index is 11.6. The summed E-state index contributed by atoms with van der Waals surface area (Å²) in [5.74, 6) is 0.859. The van der Waals surface area contributed by atoms with Crippen molar-refractivity contribution in [3.8, 4) is 0 Å². The van der Waals surface area contributed by atoms with Crippen LogP contribution in [0.2, 0.25) is 0 Å². The van der Waals surface area contributed by atoms with Crippen LogP contribution in [0, 0.1) is 0 Å². The summed E-state index contributed by atoms with van der Waals surface area (Å²) < 4.78 is 2.06. The van der Waals surface area contributed by atoms with Crippen molar-refractivity contribution < 1.29 is 26.7 Å². The lowest BCUT2D eigenvalue weighted by molar-refractivity contribution is -0.685. The third-order valence-corrected chi connectivity index (χ3v) is 5.91. The minimum atomic E-state index is -1.03. The molecule has 0 radical (unpaired) electrons. The first-order valence-corrected chi connectivity index (χ1v) is 10.9. The molecule has 0 unspecified atom stereocenters. The van der Waals surface area contributed by atoms with Gasteiger partial charge in [-0.1, -0.05) is 56.1 Å². The van der Waals surface area contributed by atoms with Crippen LogP contribution >= 0.6 is 11.8 Å². The number of unbranched alkanes of at least 4 members (excludes halogenated alkanes) is 5. The maximum absolute atomic E-state index is 11.6. The van der Waals surface area contributed by atoms with Crippen LogP contribution in [0.5, 0.6) is 0 Å². The van der Waals surface area contributed by atoms with Crippen molar-refractivity contribution in [2.24, 2.45) is 0 Å². The van der Waals surface area contributed by atoms with Crippen molar-refractivity contribution in [2.45, 2.75) is 62.6 Å². The van der Waals surface area contributed by atoms with Gasteiger partial charge in [0.2, 0.25) is 5.72 Å². The monoisotopic (exact) mass is 451 g/mol. The highest BCUT2D eigenvalue weighted by atomic mass is 79.9. The molecule has 1 N–H and O–H groups in total. The second kappa shape index (κ2) is 10.4. The van der Waals surface area contributed by atoms with E-state index in [0.717, 1.165) is 24.5 Å². The summed E-state index contributed by atoms with van der Waals surface area (Å²) in [6.07, 6.45) is 13.3. The maximum Gasteiger partial charge on any atom is 0.396 e. The molecule has 27 heavy (non-hydrogen) atoms. The minimum Gasteiger partial charge on any atom is -1.00 e. The molecule has 0 saturated heterocycles. The van der Waals surface area contributed by atoms with Crippen molar-refractivity contribution in [3.63, 3.8) is 0 Å². The molecule has 0 spiro atoms. The first kappa shape index (κ1) is 22.2. The fourth-order valence-electron chi connectivity index (χ4n) is 3.67. The van der Waals surface area contributed by atoms with Crippen molar-refractivity contribution in [2.75, 3.05) is 17.7 Å². The molecular formula is C21H30BrN3OS. The van der Waals surface area contributed by atoms with Crippen LogP contribution in [0.3, 0.4) is 0 Å². The van der Waals surface area contributed by atoms with Gasteiger partial charge in [0.1, 0.15) is 12.7 Å². The Morgan fingerprint density at radius 1 is 1.15 bits per heavy atom. The second-order valence-corrected chi connectivity index (χ2v) is 7.89. The average molecular weight is 452 g/mol. The molecule has 1 aliphatic rings. The van der Waals surface area contributed by atoms with E-state index in [9.17, 15) is 5.11 Å². The Labute approximate surface area is 177 Å². The van der Waals surface area contributed by atoms with Crippen LogP contribution in [-0.4, -0.2) is 22.9 Å². The van der Waals surface area contributed by atoms with E-state index >= 15 is 0 Å². The standard InChI is InChI=1S/C21H30N3OS.BrH/c1-3-4-5-6-7-8-16-24-20-22-14-9-15-23(20)17-21(24,25)18-10-12-19(26-2)13-11-18;/h9-15,25H,3-8,16-17H2,1-2H3;1H/q+1;/p-1/t21-;/m1./s1. The van der Waals surface area contributed by atoms with E-state index in [1.54, 1.807) is 11.8 Å². The van der Waals surface area contributed by atoms with Crippen molar-refractivity contribution in [3.05, 3.63) is 48.3 Å². The van der Waals surface area contributed by atoms with Crippen LogP contribution in [0.15, 0.2) is 47.6 Å². The van der Waals surface area contributed by atoms with Gasteiger partial charge in [-0.2, -0.15) is 0 Å².